The van der Waals surface area contributed by atoms with Gasteiger partial charge >= 0.3 is 0 Å². The Morgan fingerprint density at radius 3 is 2.87 bits per heavy atom. The average molecular weight is 207 g/mol. The van der Waals surface area contributed by atoms with Crippen LogP contribution < -0.4 is 5.73 Å². The molecule has 1 aromatic carbocycles. The number of rotatable bonds is 2. The van der Waals surface area contributed by atoms with Gasteiger partial charge in [-0.1, -0.05) is 0 Å². The molecule has 1 aliphatic rings. The lowest BCUT2D eigenvalue weighted by Gasteiger charge is -2.03. The van der Waals surface area contributed by atoms with Gasteiger partial charge in [-0.3, -0.25) is 4.79 Å². The Bertz CT molecular complexity index is 440. The second-order valence-corrected chi connectivity index (χ2v) is 3.27. The van der Waals surface area contributed by atoms with Crippen molar-refractivity contribution < 1.29 is 13.9 Å². The van der Waals surface area contributed by atoms with Gasteiger partial charge in [-0.25, -0.2) is 4.39 Å². The van der Waals surface area contributed by atoms with Crippen molar-refractivity contribution in [2.45, 2.75) is 6.42 Å². The van der Waals surface area contributed by atoms with Crippen LogP contribution in [0.3, 0.4) is 0 Å². The highest BCUT2D eigenvalue weighted by Crippen LogP contribution is 2.18. The summed E-state index contributed by atoms with van der Waals surface area (Å²) >= 11 is 0. The summed E-state index contributed by atoms with van der Waals surface area (Å²) in [7, 11) is 0. The number of benzene rings is 1. The molecule has 15 heavy (non-hydrogen) atoms. The molecule has 0 saturated carbocycles. The van der Waals surface area contributed by atoms with Crippen molar-refractivity contribution in [1.29, 1.82) is 0 Å². The first-order valence-electron chi connectivity index (χ1n) is 4.61. The standard InChI is InChI=1S/C11H10FNO2/c12-8-6-7(3-4-9(8)13)11(14)10-2-1-5-15-10/h2-4,6H,1,5,13H2. The summed E-state index contributed by atoms with van der Waals surface area (Å²) in [5.41, 5.74) is 5.60. The lowest BCUT2D eigenvalue weighted by atomic mass is 10.1. The Labute approximate surface area is 86.3 Å². The number of hydrogen-bond donors (Lipinski definition) is 1. The molecule has 2 N–H and O–H groups in total. The summed E-state index contributed by atoms with van der Waals surface area (Å²) in [4.78, 5) is 11.7. The highest BCUT2D eigenvalue weighted by molar-refractivity contribution is 6.07. The van der Waals surface area contributed by atoms with Crippen LogP contribution in [0.2, 0.25) is 0 Å². The van der Waals surface area contributed by atoms with Gasteiger partial charge in [-0.05, 0) is 24.3 Å². The van der Waals surface area contributed by atoms with Gasteiger partial charge in [0.15, 0.2) is 5.76 Å². The topological polar surface area (TPSA) is 52.3 Å². The Kier molecular flexibility index (Phi) is 2.41. The summed E-state index contributed by atoms with van der Waals surface area (Å²) < 4.78 is 18.2. The number of allylic oxidation sites excluding steroid dienone is 1. The number of hydrogen-bond acceptors (Lipinski definition) is 3. The molecule has 0 radical (unpaired) electrons. The van der Waals surface area contributed by atoms with E-state index in [2.05, 4.69) is 0 Å². The van der Waals surface area contributed by atoms with Crippen molar-refractivity contribution in [1.82, 2.24) is 0 Å². The highest BCUT2D eigenvalue weighted by atomic mass is 19.1. The van der Waals surface area contributed by atoms with Crippen molar-refractivity contribution in [3.8, 4) is 0 Å². The van der Waals surface area contributed by atoms with Crippen LogP contribution in [0, 0.1) is 5.82 Å². The Hall–Kier alpha value is -1.84. The fourth-order valence-corrected chi connectivity index (χ4v) is 1.39. The van der Waals surface area contributed by atoms with Crippen LogP contribution in [0.5, 0.6) is 0 Å². The molecule has 0 bridgehead atoms. The van der Waals surface area contributed by atoms with Crippen molar-refractivity contribution >= 4 is 11.5 Å². The third-order valence-electron chi connectivity index (χ3n) is 2.19. The van der Waals surface area contributed by atoms with Gasteiger partial charge in [-0.2, -0.15) is 0 Å². The molecule has 0 unspecified atom stereocenters. The van der Waals surface area contributed by atoms with E-state index in [0.717, 1.165) is 12.5 Å². The minimum Gasteiger partial charge on any atom is -0.489 e. The van der Waals surface area contributed by atoms with Crippen molar-refractivity contribution in [2.24, 2.45) is 0 Å². The first kappa shape index (κ1) is 9.71. The van der Waals surface area contributed by atoms with Crippen molar-refractivity contribution in [3.63, 3.8) is 0 Å². The lowest BCUT2D eigenvalue weighted by Crippen LogP contribution is -2.05. The number of carbonyl (C=O) groups excluding carboxylic acids is 1. The van der Waals surface area contributed by atoms with Crippen LogP contribution in [0.4, 0.5) is 10.1 Å². The number of nitrogen functional groups attached to an aromatic ring is 1. The molecule has 0 spiro atoms. The van der Waals surface area contributed by atoms with Gasteiger partial charge in [0.2, 0.25) is 5.78 Å². The number of Topliss-reactive ketones (excluding diaryl/α,β-unsaturated/α-hetero) is 1. The first-order chi connectivity index (χ1) is 7.18. The normalized spacial score (nSPS) is 14.6. The van der Waals surface area contributed by atoms with Crippen molar-refractivity contribution in [3.05, 3.63) is 41.4 Å². The number of carbonyl (C=O) groups is 1. The van der Waals surface area contributed by atoms with E-state index < -0.39 is 5.82 Å². The zero-order chi connectivity index (χ0) is 10.8. The van der Waals surface area contributed by atoms with Gasteiger partial charge in [0.1, 0.15) is 5.82 Å². The van der Waals surface area contributed by atoms with Crippen LogP contribution in [0.15, 0.2) is 30.0 Å². The third-order valence-corrected chi connectivity index (χ3v) is 2.19. The van der Waals surface area contributed by atoms with E-state index in [1.807, 2.05) is 0 Å². The van der Waals surface area contributed by atoms with E-state index in [0.29, 0.717) is 12.4 Å². The fraction of sp³-hybridized carbons (Fsp3) is 0.182. The smallest absolute Gasteiger partial charge is 0.227 e. The number of nitrogens with two attached hydrogens (primary N) is 1. The second-order valence-electron chi connectivity index (χ2n) is 3.27. The molecule has 78 valence electrons. The van der Waals surface area contributed by atoms with E-state index in [1.165, 1.54) is 12.1 Å². The summed E-state index contributed by atoms with van der Waals surface area (Å²) in [6.07, 6.45) is 2.43. The van der Waals surface area contributed by atoms with E-state index in [4.69, 9.17) is 10.5 Å². The van der Waals surface area contributed by atoms with E-state index in [9.17, 15) is 9.18 Å². The van der Waals surface area contributed by atoms with Gasteiger partial charge in [0.25, 0.3) is 0 Å². The quantitative estimate of drug-likeness (QED) is 0.595. The molecule has 3 nitrogen and oxygen atoms in total. The molecular weight excluding hydrogens is 197 g/mol. The molecule has 2 rings (SSSR count). The maximum absolute atomic E-state index is 13.1. The van der Waals surface area contributed by atoms with Crippen LogP contribution >= 0.6 is 0 Å². The zero-order valence-corrected chi connectivity index (χ0v) is 8.00. The molecule has 0 fully saturated rings. The zero-order valence-electron chi connectivity index (χ0n) is 8.00. The Morgan fingerprint density at radius 2 is 2.27 bits per heavy atom. The molecule has 1 aliphatic heterocycles. The first-order valence-corrected chi connectivity index (χ1v) is 4.61. The summed E-state index contributed by atoms with van der Waals surface area (Å²) in [5, 5.41) is 0. The van der Waals surface area contributed by atoms with Crippen LogP contribution in [-0.4, -0.2) is 12.4 Å². The summed E-state index contributed by atoms with van der Waals surface area (Å²) in [5.74, 6) is -0.593. The fourth-order valence-electron chi connectivity index (χ4n) is 1.39. The van der Waals surface area contributed by atoms with E-state index in [-0.39, 0.29) is 17.0 Å². The van der Waals surface area contributed by atoms with E-state index >= 15 is 0 Å². The molecule has 1 heterocycles. The minimum atomic E-state index is -0.584. The SMILES string of the molecule is Nc1ccc(C(=O)C2=CCCO2)cc1F. The minimum absolute atomic E-state index is 0.0351. The van der Waals surface area contributed by atoms with Gasteiger partial charge in [0.05, 0.1) is 12.3 Å². The number of ketones is 1. The largest absolute Gasteiger partial charge is 0.489 e. The van der Waals surface area contributed by atoms with Gasteiger partial charge < -0.3 is 10.5 Å². The van der Waals surface area contributed by atoms with Crippen molar-refractivity contribution in [2.75, 3.05) is 12.3 Å². The molecule has 0 aromatic heterocycles. The number of anilines is 1. The number of halogens is 1. The highest BCUT2D eigenvalue weighted by Gasteiger charge is 2.17. The Morgan fingerprint density at radius 1 is 1.47 bits per heavy atom. The predicted octanol–water partition coefficient (Wildman–Crippen LogP) is 1.89. The number of ether oxygens (including phenoxy) is 1. The molecule has 0 amide bonds. The van der Waals surface area contributed by atoms with E-state index in [1.54, 1.807) is 6.08 Å². The monoisotopic (exact) mass is 207 g/mol. The molecule has 0 saturated heterocycles. The average Bonchev–Trinajstić information content (AvgIpc) is 2.74. The molecule has 0 atom stereocenters. The molecule has 4 heteroatoms. The third kappa shape index (κ3) is 1.83. The van der Waals surface area contributed by atoms with Gasteiger partial charge in [0, 0.05) is 12.0 Å². The van der Waals surface area contributed by atoms with Gasteiger partial charge in [-0.15, -0.1) is 0 Å². The maximum atomic E-state index is 13.1. The van der Waals surface area contributed by atoms with Crippen LogP contribution in [-0.2, 0) is 4.74 Å². The van der Waals surface area contributed by atoms with Crippen LogP contribution in [0.25, 0.3) is 0 Å². The molecule has 1 aromatic rings. The summed E-state index contributed by atoms with van der Waals surface area (Å²) in [6.45, 7) is 0.512. The molecule has 0 aliphatic carbocycles. The summed E-state index contributed by atoms with van der Waals surface area (Å²) in [6, 6.07) is 3.99. The molecular formula is C11H10FNO2. The predicted molar refractivity (Wildman–Crippen MR) is 53.8 cm³/mol. The lowest BCUT2D eigenvalue weighted by molar-refractivity contribution is 0.0942. The Balaban J connectivity index is 2.29. The second kappa shape index (κ2) is 3.73. The van der Waals surface area contributed by atoms with Crippen LogP contribution in [0.1, 0.15) is 16.8 Å². The maximum Gasteiger partial charge on any atom is 0.227 e.